The van der Waals surface area contributed by atoms with E-state index in [2.05, 4.69) is 234 Å². The van der Waals surface area contributed by atoms with E-state index < -0.39 is 0 Å². The summed E-state index contributed by atoms with van der Waals surface area (Å²) in [6.07, 6.45) is 0. The highest BCUT2D eigenvalue weighted by atomic mass is 16.3. The van der Waals surface area contributed by atoms with Gasteiger partial charge in [-0.3, -0.25) is 0 Å². The van der Waals surface area contributed by atoms with Crippen molar-refractivity contribution in [3.8, 4) is 39.1 Å². The van der Waals surface area contributed by atoms with Gasteiger partial charge < -0.3 is 13.9 Å². The summed E-state index contributed by atoms with van der Waals surface area (Å²) in [5, 5.41) is 7.16. The molecule has 12 aromatic rings. The van der Waals surface area contributed by atoms with Crippen LogP contribution < -0.4 is 4.90 Å². The molecule has 0 unspecified atom stereocenters. The van der Waals surface area contributed by atoms with Gasteiger partial charge in [0, 0.05) is 49.7 Å². The third-order valence-corrected chi connectivity index (χ3v) is 12.2. The summed E-state index contributed by atoms with van der Waals surface area (Å²) in [7, 11) is 0. The maximum Gasteiger partial charge on any atom is 0.143 e. The molecule has 0 aliphatic rings. The summed E-state index contributed by atoms with van der Waals surface area (Å²) < 4.78 is 8.99. The molecule has 2 heterocycles. The lowest BCUT2D eigenvalue weighted by Crippen LogP contribution is -2.12. The molecule has 0 atom stereocenters. The largest absolute Gasteiger partial charge is 0.455 e. The molecule has 3 heteroatoms. The Kier molecular flexibility index (Phi) is 8.17. The zero-order valence-corrected chi connectivity index (χ0v) is 33.2. The van der Waals surface area contributed by atoms with Crippen molar-refractivity contribution >= 4 is 71.6 Å². The van der Waals surface area contributed by atoms with Gasteiger partial charge in [0.1, 0.15) is 11.2 Å². The van der Waals surface area contributed by atoms with Crippen LogP contribution in [0.1, 0.15) is 0 Å². The molecule has 10 aromatic carbocycles. The van der Waals surface area contributed by atoms with E-state index in [-0.39, 0.29) is 0 Å². The van der Waals surface area contributed by atoms with Crippen LogP contribution in [0.5, 0.6) is 0 Å². The van der Waals surface area contributed by atoms with Gasteiger partial charge in [-0.1, -0.05) is 176 Å². The summed E-state index contributed by atoms with van der Waals surface area (Å²) in [5.74, 6) is 0. The van der Waals surface area contributed by atoms with Gasteiger partial charge in [0.2, 0.25) is 0 Å². The van der Waals surface area contributed by atoms with Crippen molar-refractivity contribution in [1.29, 1.82) is 0 Å². The molecule has 0 saturated heterocycles. The molecule has 0 aliphatic heterocycles. The molecular weight excluding hydrogens is 741 g/mol. The fourth-order valence-electron chi connectivity index (χ4n) is 9.41. The number of benzene rings is 10. The molecule has 61 heavy (non-hydrogen) atoms. The van der Waals surface area contributed by atoms with Gasteiger partial charge >= 0.3 is 0 Å². The maximum absolute atomic E-state index is 6.60. The van der Waals surface area contributed by atoms with E-state index in [1.165, 1.54) is 38.1 Å². The molecule has 0 bridgehead atoms. The number of fused-ring (bicyclic) bond motifs is 7. The van der Waals surface area contributed by atoms with Crippen LogP contribution in [0.2, 0.25) is 0 Å². The van der Waals surface area contributed by atoms with Crippen LogP contribution in [-0.2, 0) is 0 Å². The van der Waals surface area contributed by atoms with Crippen LogP contribution in [0.4, 0.5) is 17.1 Å². The summed E-state index contributed by atoms with van der Waals surface area (Å²) >= 11 is 0. The van der Waals surface area contributed by atoms with E-state index in [1.54, 1.807) is 0 Å². The fraction of sp³-hybridized carbons (Fsp3) is 0. The Morgan fingerprint density at radius 3 is 1.74 bits per heavy atom. The highest BCUT2D eigenvalue weighted by Gasteiger charge is 2.22. The Bertz CT molecular complexity index is 3550. The van der Waals surface area contributed by atoms with Crippen molar-refractivity contribution in [3.05, 3.63) is 231 Å². The molecule has 0 N–H and O–H groups in total. The minimum absolute atomic E-state index is 0.891. The SMILES string of the molecule is c1ccc(-c2ccc(-c3cccc4ccccc34)cc2N(c2cccc(-c3cccc4c3oc3ccccc34)c2)c2cccc(-n3c4ccccc4c4ccccc43)c2)cc1. The van der Waals surface area contributed by atoms with E-state index >= 15 is 0 Å². The fourth-order valence-corrected chi connectivity index (χ4v) is 9.41. The molecule has 0 amide bonds. The third kappa shape index (κ3) is 5.82. The first kappa shape index (κ1) is 34.9. The Balaban J connectivity index is 1.13. The molecule has 0 radical (unpaired) electrons. The Morgan fingerprint density at radius 1 is 0.344 bits per heavy atom. The number of nitrogens with zero attached hydrogens (tertiary/aromatic N) is 2. The number of aromatic nitrogens is 1. The summed E-state index contributed by atoms with van der Waals surface area (Å²) in [5.41, 5.74) is 15.2. The quantitative estimate of drug-likeness (QED) is 0.161. The maximum atomic E-state index is 6.60. The van der Waals surface area contributed by atoms with Crippen LogP contribution in [-0.4, -0.2) is 4.57 Å². The van der Waals surface area contributed by atoms with Gasteiger partial charge in [-0.05, 0) is 87.6 Å². The predicted octanol–water partition coefficient (Wildman–Crippen LogP) is 16.3. The second-order valence-electron chi connectivity index (χ2n) is 15.7. The van der Waals surface area contributed by atoms with E-state index in [4.69, 9.17) is 4.42 Å². The standard InChI is InChI=1S/C58H38N2O/c1-2-16-40(17-3-1)48-35-34-42(47-28-13-19-39-18-4-5-24-46(39)47)37-56(48)59(43-21-12-20-41(36-43)49-29-15-30-53-52-27-8-11-33-57(52)61-58(49)53)44-22-14-23-45(38-44)60-54-31-9-6-25-50(54)51-26-7-10-32-55(51)60/h1-38H. The number of para-hydroxylation sites is 4. The topological polar surface area (TPSA) is 21.3 Å². The monoisotopic (exact) mass is 778 g/mol. The number of furan rings is 1. The second-order valence-corrected chi connectivity index (χ2v) is 15.7. The van der Waals surface area contributed by atoms with Gasteiger partial charge in [0.05, 0.1) is 16.7 Å². The molecule has 2 aromatic heterocycles. The first-order chi connectivity index (χ1) is 30.3. The van der Waals surface area contributed by atoms with Crippen molar-refractivity contribution in [1.82, 2.24) is 4.57 Å². The van der Waals surface area contributed by atoms with Crippen molar-refractivity contribution in [3.63, 3.8) is 0 Å². The normalized spacial score (nSPS) is 11.6. The lowest BCUT2D eigenvalue weighted by atomic mass is 9.94. The van der Waals surface area contributed by atoms with Gasteiger partial charge in [0.15, 0.2) is 0 Å². The molecule has 3 nitrogen and oxygen atoms in total. The first-order valence-electron chi connectivity index (χ1n) is 20.8. The lowest BCUT2D eigenvalue weighted by Gasteiger charge is -2.29. The molecular formula is C58H38N2O. The first-order valence-corrected chi connectivity index (χ1v) is 20.8. The minimum atomic E-state index is 0.891. The summed E-state index contributed by atoms with van der Waals surface area (Å²) in [6, 6.07) is 83.1. The molecule has 0 saturated carbocycles. The van der Waals surface area contributed by atoms with E-state index in [0.29, 0.717) is 0 Å². The summed E-state index contributed by atoms with van der Waals surface area (Å²) in [4.78, 5) is 2.44. The number of hydrogen-bond acceptors (Lipinski definition) is 2. The van der Waals surface area contributed by atoms with Crippen LogP contribution in [0.3, 0.4) is 0 Å². The van der Waals surface area contributed by atoms with Crippen molar-refractivity contribution < 1.29 is 4.42 Å². The van der Waals surface area contributed by atoms with Gasteiger partial charge in [-0.25, -0.2) is 0 Å². The van der Waals surface area contributed by atoms with Crippen molar-refractivity contribution in [2.24, 2.45) is 0 Å². The number of anilines is 3. The smallest absolute Gasteiger partial charge is 0.143 e. The highest BCUT2D eigenvalue weighted by molar-refractivity contribution is 6.11. The van der Waals surface area contributed by atoms with E-state index in [1.807, 2.05) is 6.07 Å². The van der Waals surface area contributed by atoms with Gasteiger partial charge in [0.25, 0.3) is 0 Å². The molecule has 0 fully saturated rings. The Hall–Kier alpha value is -8.14. The zero-order chi connectivity index (χ0) is 40.3. The second kappa shape index (κ2) is 14.3. The van der Waals surface area contributed by atoms with Crippen LogP contribution in [0.15, 0.2) is 235 Å². The van der Waals surface area contributed by atoms with Crippen LogP contribution >= 0.6 is 0 Å². The third-order valence-electron chi connectivity index (χ3n) is 12.2. The highest BCUT2D eigenvalue weighted by Crippen LogP contribution is 2.46. The molecule has 12 rings (SSSR count). The van der Waals surface area contributed by atoms with Crippen molar-refractivity contribution in [2.45, 2.75) is 0 Å². The van der Waals surface area contributed by atoms with Gasteiger partial charge in [-0.15, -0.1) is 0 Å². The predicted molar refractivity (Wildman–Crippen MR) is 257 cm³/mol. The Morgan fingerprint density at radius 2 is 0.918 bits per heavy atom. The molecule has 0 aliphatic carbocycles. The molecule has 0 spiro atoms. The van der Waals surface area contributed by atoms with Gasteiger partial charge in [-0.2, -0.15) is 0 Å². The van der Waals surface area contributed by atoms with E-state index in [9.17, 15) is 0 Å². The van der Waals surface area contributed by atoms with Crippen LogP contribution in [0.25, 0.3) is 93.6 Å². The lowest BCUT2D eigenvalue weighted by molar-refractivity contribution is 0.670. The average molecular weight is 779 g/mol. The zero-order valence-electron chi connectivity index (χ0n) is 33.2. The number of rotatable bonds is 7. The average Bonchev–Trinajstić information content (AvgIpc) is 3.88. The summed E-state index contributed by atoms with van der Waals surface area (Å²) in [6.45, 7) is 0. The minimum Gasteiger partial charge on any atom is -0.455 e. The van der Waals surface area contributed by atoms with Crippen LogP contribution in [0, 0.1) is 0 Å². The molecule has 286 valence electrons. The Labute approximate surface area is 353 Å². The van der Waals surface area contributed by atoms with Crippen molar-refractivity contribution in [2.75, 3.05) is 4.90 Å². The number of hydrogen-bond donors (Lipinski definition) is 0. The van der Waals surface area contributed by atoms with E-state index in [0.717, 1.165) is 72.5 Å².